The summed E-state index contributed by atoms with van der Waals surface area (Å²) in [4.78, 5) is 22.0. The molecule has 0 aliphatic rings. The summed E-state index contributed by atoms with van der Waals surface area (Å²) in [6, 6.07) is 5.04. The predicted octanol–water partition coefficient (Wildman–Crippen LogP) is 1.36. The average Bonchev–Trinajstić information content (AvgIpc) is 2.34. The molecule has 100 valence electrons. The standard InChI is InChI=1S/C13H13NO5/c14-10(3-4-12(16)17)9-6-13(18)19-11-5-7(15)1-2-8(9)11/h1-2,5-6,10,15H,3-4,14H2,(H,16,17). The van der Waals surface area contributed by atoms with Crippen LogP contribution >= 0.6 is 0 Å². The van der Waals surface area contributed by atoms with E-state index in [-0.39, 0.29) is 24.2 Å². The SMILES string of the molecule is NC(CCC(=O)O)c1cc(=O)oc2cc(O)ccc12. The van der Waals surface area contributed by atoms with Crippen molar-refractivity contribution in [2.24, 2.45) is 5.73 Å². The van der Waals surface area contributed by atoms with Crippen molar-refractivity contribution in [2.45, 2.75) is 18.9 Å². The number of carboxylic acid groups (broad SMARTS) is 1. The first-order chi connectivity index (χ1) is 8.97. The number of carboxylic acids is 1. The fourth-order valence-corrected chi connectivity index (χ4v) is 1.92. The van der Waals surface area contributed by atoms with Crippen LogP contribution in [0.3, 0.4) is 0 Å². The second-order valence-corrected chi connectivity index (χ2v) is 4.24. The summed E-state index contributed by atoms with van der Waals surface area (Å²) in [6.45, 7) is 0. The minimum atomic E-state index is -0.944. The number of phenolic OH excluding ortho intramolecular Hbond substituents is 1. The van der Waals surface area contributed by atoms with Gasteiger partial charge in [-0.05, 0) is 24.1 Å². The molecule has 0 spiro atoms. The van der Waals surface area contributed by atoms with Crippen LogP contribution in [0.5, 0.6) is 5.75 Å². The summed E-state index contributed by atoms with van der Waals surface area (Å²) in [6.07, 6.45) is 0.135. The molecule has 2 aromatic rings. The number of phenols is 1. The maximum absolute atomic E-state index is 11.4. The van der Waals surface area contributed by atoms with Crippen LogP contribution in [0.4, 0.5) is 0 Å². The number of rotatable bonds is 4. The van der Waals surface area contributed by atoms with Gasteiger partial charge >= 0.3 is 11.6 Å². The molecule has 19 heavy (non-hydrogen) atoms. The van der Waals surface area contributed by atoms with Gasteiger partial charge in [-0.25, -0.2) is 4.79 Å². The van der Waals surface area contributed by atoms with Gasteiger partial charge in [0.1, 0.15) is 11.3 Å². The molecule has 0 fully saturated rings. The first kappa shape index (κ1) is 13.1. The van der Waals surface area contributed by atoms with Crippen molar-refractivity contribution in [3.05, 3.63) is 40.2 Å². The number of carbonyl (C=O) groups is 1. The summed E-state index contributed by atoms with van der Waals surface area (Å²) < 4.78 is 4.97. The number of fused-ring (bicyclic) bond motifs is 1. The first-order valence-corrected chi connectivity index (χ1v) is 5.71. The number of nitrogens with two attached hydrogens (primary N) is 1. The van der Waals surface area contributed by atoms with Crippen molar-refractivity contribution in [3.8, 4) is 5.75 Å². The van der Waals surface area contributed by atoms with E-state index >= 15 is 0 Å². The summed E-state index contributed by atoms with van der Waals surface area (Å²) in [5, 5.41) is 18.6. The van der Waals surface area contributed by atoms with Crippen LogP contribution in [0.25, 0.3) is 11.0 Å². The molecule has 1 aromatic carbocycles. The molecule has 1 aromatic heterocycles. The Hall–Kier alpha value is -2.34. The van der Waals surface area contributed by atoms with Gasteiger partial charge in [0, 0.05) is 30.0 Å². The third-order valence-electron chi connectivity index (χ3n) is 2.83. The van der Waals surface area contributed by atoms with E-state index in [0.717, 1.165) is 0 Å². The monoisotopic (exact) mass is 263 g/mol. The van der Waals surface area contributed by atoms with Crippen molar-refractivity contribution < 1.29 is 19.4 Å². The molecule has 1 atom stereocenters. The van der Waals surface area contributed by atoms with E-state index in [1.54, 1.807) is 6.07 Å². The van der Waals surface area contributed by atoms with Gasteiger partial charge in [0.15, 0.2) is 0 Å². The molecule has 6 nitrogen and oxygen atoms in total. The van der Waals surface area contributed by atoms with Crippen LogP contribution in [0.2, 0.25) is 0 Å². The molecule has 0 saturated heterocycles. The second-order valence-electron chi connectivity index (χ2n) is 4.24. The summed E-state index contributed by atoms with van der Waals surface area (Å²) >= 11 is 0. The van der Waals surface area contributed by atoms with E-state index in [2.05, 4.69) is 0 Å². The van der Waals surface area contributed by atoms with Crippen molar-refractivity contribution in [3.63, 3.8) is 0 Å². The molecule has 1 unspecified atom stereocenters. The van der Waals surface area contributed by atoms with Crippen molar-refractivity contribution in [1.82, 2.24) is 0 Å². The fourth-order valence-electron chi connectivity index (χ4n) is 1.92. The Bertz CT molecular complexity index is 676. The van der Waals surface area contributed by atoms with E-state index in [0.29, 0.717) is 10.9 Å². The number of aliphatic carboxylic acids is 1. The average molecular weight is 263 g/mol. The Morgan fingerprint density at radius 1 is 1.37 bits per heavy atom. The molecule has 0 radical (unpaired) electrons. The van der Waals surface area contributed by atoms with Gasteiger partial charge in [0.05, 0.1) is 0 Å². The first-order valence-electron chi connectivity index (χ1n) is 5.71. The largest absolute Gasteiger partial charge is 0.508 e. The Labute approximate surface area is 108 Å². The Morgan fingerprint density at radius 3 is 2.79 bits per heavy atom. The van der Waals surface area contributed by atoms with Gasteiger partial charge in [0.2, 0.25) is 0 Å². The van der Waals surface area contributed by atoms with Crippen LogP contribution in [-0.2, 0) is 4.79 Å². The van der Waals surface area contributed by atoms with Crippen LogP contribution < -0.4 is 11.4 Å². The molecule has 2 rings (SSSR count). The Kier molecular flexibility index (Phi) is 3.52. The van der Waals surface area contributed by atoms with Gasteiger partial charge < -0.3 is 20.4 Å². The molecule has 0 amide bonds. The van der Waals surface area contributed by atoms with Crippen molar-refractivity contribution in [2.75, 3.05) is 0 Å². The summed E-state index contributed by atoms with van der Waals surface area (Å²) in [5.74, 6) is -0.965. The van der Waals surface area contributed by atoms with E-state index in [1.807, 2.05) is 0 Å². The summed E-state index contributed by atoms with van der Waals surface area (Å²) in [7, 11) is 0. The van der Waals surface area contributed by atoms with Gasteiger partial charge in [-0.1, -0.05) is 0 Å². The van der Waals surface area contributed by atoms with Gasteiger partial charge in [0.25, 0.3) is 0 Å². The quantitative estimate of drug-likeness (QED) is 0.718. The lowest BCUT2D eigenvalue weighted by atomic mass is 9.99. The van der Waals surface area contributed by atoms with Crippen LogP contribution in [0.1, 0.15) is 24.4 Å². The lowest BCUT2D eigenvalue weighted by Gasteiger charge is -2.12. The minimum absolute atomic E-state index is 0.0214. The molecule has 0 saturated carbocycles. The zero-order valence-corrected chi connectivity index (χ0v) is 10.00. The highest BCUT2D eigenvalue weighted by atomic mass is 16.4. The van der Waals surface area contributed by atoms with Gasteiger partial charge in [-0.2, -0.15) is 0 Å². The topological polar surface area (TPSA) is 114 Å². The minimum Gasteiger partial charge on any atom is -0.508 e. The zero-order chi connectivity index (χ0) is 14.0. The lowest BCUT2D eigenvalue weighted by Crippen LogP contribution is -2.15. The van der Waals surface area contributed by atoms with E-state index in [4.69, 9.17) is 15.3 Å². The third-order valence-corrected chi connectivity index (χ3v) is 2.83. The second kappa shape index (κ2) is 5.11. The van der Waals surface area contributed by atoms with Crippen LogP contribution in [0.15, 0.2) is 33.5 Å². The molecule has 0 aliphatic heterocycles. The van der Waals surface area contributed by atoms with E-state index in [9.17, 15) is 14.7 Å². The number of hydrogen-bond donors (Lipinski definition) is 3. The third kappa shape index (κ3) is 2.92. The van der Waals surface area contributed by atoms with E-state index < -0.39 is 17.6 Å². The molecule has 1 heterocycles. The zero-order valence-electron chi connectivity index (χ0n) is 10.00. The maximum Gasteiger partial charge on any atom is 0.336 e. The highest BCUT2D eigenvalue weighted by Gasteiger charge is 2.14. The number of aromatic hydroxyl groups is 1. The van der Waals surface area contributed by atoms with Gasteiger partial charge in [-0.3, -0.25) is 4.79 Å². The number of hydrogen-bond acceptors (Lipinski definition) is 5. The molecular formula is C13H13NO5. The van der Waals surface area contributed by atoms with Crippen LogP contribution in [0, 0.1) is 0 Å². The smallest absolute Gasteiger partial charge is 0.336 e. The Morgan fingerprint density at radius 2 is 2.11 bits per heavy atom. The van der Waals surface area contributed by atoms with Gasteiger partial charge in [-0.15, -0.1) is 0 Å². The maximum atomic E-state index is 11.4. The summed E-state index contributed by atoms with van der Waals surface area (Å²) in [5.41, 5.74) is 6.08. The predicted molar refractivity (Wildman–Crippen MR) is 67.9 cm³/mol. The normalized spacial score (nSPS) is 12.5. The van der Waals surface area contributed by atoms with Crippen molar-refractivity contribution in [1.29, 1.82) is 0 Å². The molecule has 0 aliphatic carbocycles. The highest BCUT2D eigenvalue weighted by molar-refractivity contribution is 5.82. The molecular weight excluding hydrogens is 250 g/mol. The van der Waals surface area contributed by atoms with E-state index in [1.165, 1.54) is 18.2 Å². The molecule has 4 N–H and O–H groups in total. The fraction of sp³-hybridized carbons (Fsp3) is 0.231. The lowest BCUT2D eigenvalue weighted by molar-refractivity contribution is -0.137. The van der Waals surface area contributed by atoms with Crippen LogP contribution in [-0.4, -0.2) is 16.2 Å². The van der Waals surface area contributed by atoms with Crippen molar-refractivity contribution >= 4 is 16.9 Å². The highest BCUT2D eigenvalue weighted by Crippen LogP contribution is 2.26. The molecule has 6 heteroatoms. The Balaban J connectivity index is 2.47. The number of benzene rings is 1. The molecule has 0 bridgehead atoms.